The third-order valence-corrected chi connectivity index (χ3v) is 2.53. The van der Waals surface area contributed by atoms with Gasteiger partial charge >= 0.3 is 5.97 Å². The normalized spacial score (nSPS) is 11.7. The van der Waals surface area contributed by atoms with Crippen LogP contribution in [0.3, 0.4) is 0 Å². The van der Waals surface area contributed by atoms with Crippen molar-refractivity contribution in [3.63, 3.8) is 0 Å². The molecule has 19 heavy (non-hydrogen) atoms. The first kappa shape index (κ1) is 15.0. The average molecular weight is 274 g/mol. The smallest absolute Gasteiger partial charge is 0.339 e. The van der Waals surface area contributed by atoms with Crippen LogP contribution in [-0.2, 0) is 9.53 Å². The number of ether oxygens (including phenoxy) is 4. The Morgan fingerprint density at radius 1 is 1.16 bits per heavy atom. The van der Waals surface area contributed by atoms with Gasteiger partial charge in [0.1, 0.15) is 0 Å². The van der Waals surface area contributed by atoms with E-state index in [0.717, 1.165) is 7.11 Å². The summed E-state index contributed by atoms with van der Waals surface area (Å²) in [6.45, 7) is 0. The highest BCUT2D eigenvalue weighted by molar-refractivity contribution is 5.78. The van der Waals surface area contributed by atoms with Crippen molar-refractivity contribution in [3.8, 4) is 17.2 Å². The van der Waals surface area contributed by atoms with E-state index in [1.807, 2.05) is 0 Å². The monoisotopic (exact) mass is 274 g/mol. The molecule has 0 spiro atoms. The lowest BCUT2D eigenvalue weighted by atomic mass is 10.1. The summed E-state index contributed by atoms with van der Waals surface area (Å²) in [7, 11) is 4.92. The van der Waals surface area contributed by atoms with E-state index in [1.165, 1.54) is 27.4 Å². The molecule has 0 saturated heterocycles. The lowest BCUT2D eigenvalue weighted by Crippen LogP contribution is -2.17. The Morgan fingerprint density at radius 3 is 2.16 bits per heavy atom. The third-order valence-electron chi connectivity index (χ3n) is 2.53. The summed E-state index contributed by atoms with van der Waals surface area (Å²) in [6, 6.07) is 1.25. The summed E-state index contributed by atoms with van der Waals surface area (Å²) in [5, 5.41) is 9.82. The van der Waals surface area contributed by atoms with E-state index in [4.69, 9.17) is 14.2 Å². The molecule has 0 fully saturated rings. The van der Waals surface area contributed by atoms with Crippen LogP contribution >= 0.6 is 0 Å². The Labute approximate surface area is 109 Å². The zero-order chi connectivity index (χ0) is 14.6. The van der Waals surface area contributed by atoms with Crippen molar-refractivity contribution < 1.29 is 33.2 Å². The summed E-state index contributed by atoms with van der Waals surface area (Å²) < 4.78 is 33.3. The number of benzene rings is 1. The number of rotatable bonds is 5. The van der Waals surface area contributed by atoms with Crippen LogP contribution in [0.2, 0.25) is 0 Å². The van der Waals surface area contributed by atoms with Gasteiger partial charge in [-0.1, -0.05) is 0 Å². The van der Waals surface area contributed by atoms with E-state index >= 15 is 0 Å². The van der Waals surface area contributed by atoms with Crippen LogP contribution in [0.25, 0.3) is 0 Å². The predicted molar refractivity (Wildman–Crippen MR) is 63.0 cm³/mol. The van der Waals surface area contributed by atoms with Crippen LogP contribution in [0.15, 0.2) is 6.07 Å². The molecular weight excluding hydrogens is 259 g/mol. The van der Waals surface area contributed by atoms with Crippen LogP contribution in [0.5, 0.6) is 17.2 Å². The Bertz CT molecular complexity index is 474. The molecule has 6 nitrogen and oxygen atoms in total. The van der Waals surface area contributed by atoms with Gasteiger partial charge in [0.15, 0.2) is 29.2 Å². The first-order valence-corrected chi connectivity index (χ1v) is 5.26. The molecule has 0 heterocycles. The van der Waals surface area contributed by atoms with Gasteiger partial charge in [-0.25, -0.2) is 9.18 Å². The fraction of sp³-hybridized carbons (Fsp3) is 0.417. The molecule has 0 aliphatic heterocycles. The molecule has 0 aliphatic carbocycles. The van der Waals surface area contributed by atoms with E-state index in [0.29, 0.717) is 0 Å². The number of carbonyl (C=O) groups is 1. The van der Waals surface area contributed by atoms with Gasteiger partial charge in [-0.15, -0.1) is 0 Å². The van der Waals surface area contributed by atoms with Crippen molar-refractivity contribution in [2.45, 2.75) is 6.10 Å². The van der Waals surface area contributed by atoms with Crippen LogP contribution in [0, 0.1) is 5.82 Å². The van der Waals surface area contributed by atoms with Crippen molar-refractivity contribution >= 4 is 5.97 Å². The van der Waals surface area contributed by atoms with Gasteiger partial charge in [0.05, 0.1) is 34.0 Å². The predicted octanol–water partition coefficient (Wildman–Crippen LogP) is 1.06. The van der Waals surface area contributed by atoms with Crippen molar-refractivity contribution in [2.75, 3.05) is 28.4 Å². The van der Waals surface area contributed by atoms with E-state index in [9.17, 15) is 14.3 Å². The number of halogens is 1. The van der Waals surface area contributed by atoms with Gasteiger partial charge in [0, 0.05) is 6.07 Å². The van der Waals surface area contributed by atoms with Crippen LogP contribution < -0.4 is 14.2 Å². The Morgan fingerprint density at radius 2 is 1.74 bits per heavy atom. The molecule has 106 valence electrons. The molecule has 0 bridgehead atoms. The molecule has 0 amide bonds. The second-order valence-electron chi connectivity index (χ2n) is 3.47. The SMILES string of the molecule is COC(=O)C(O)c1c(F)c(OC)cc(OC)c1OC. The maximum absolute atomic E-state index is 14.2. The number of aliphatic hydroxyl groups excluding tert-OH is 1. The van der Waals surface area contributed by atoms with Crippen molar-refractivity contribution in [3.05, 3.63) is 17.4 Å². The second kappa shape index (κ2) is 6.24. The fourth-order valence-corrected chi connectivity index (χ4v) is 1.60. The number of esters is 1. The van der Waals surface area contributed by atoms with Crippen molar-refractivity contribution in [1.82, 2.24) is 0 Å². The fourth-order valence-electron chi connectivity index (χ4n) is 1.60. The number of hydrogen-bond donors (Lipinski definition) is 1. The molecule has 1 aromatic carbocycles. The summed E-state index contributed by atoms with van der Waals surface area (Å²) in [6.07, 6.45) is -1.84. The number of aliphatic hydroxyl groups is 1. The molecule has 1 rings (SSSR count). The summed E-state index contributed by atoms with van der Waals surface area (Å²) in [5.41, 5.74) is -0.398. The minimum absolute atomic E-state index is 0.0984. The van der Waals surface area contributed by atoms with Crippen LogP contribution in [0.4, 0.5) is 4.39 Å². The summed E-state index contributed by atoms with van der Waals surface area (Å²) in [5.74, 6) is -2.10. The first-order chi connectivity index (χ1) is 9.01. The Kier molecular flexibility index (Phi) is 4.94. The number of hydrogen-bond acceptors (Lipinski definition) is 6. The molecule has 7 heteroatoms. The van der Waals surface area contributed by atoms with E-state index in [2.05, 4.69) is 4.74 Å². The van der Waals surface area contributed by atoms with E-state index < -0.39 is 23.5 Å². The number of methoxy groups -OCH3 is 4. The highest BCUT2D eigenvalue weighted by Crippen LogP contribution is 2.41. The molecular formula is C12H15FO6. The van der Waals surface area contributed by atoms with Gasteiger partial charge in [-0.3, -0.25) is 0 Å². The molecule has 1 atom stereocenters. The highest BCUT2D eigenvalue weighted by atomic mass is 19.1. The van der Waals surface area contributed by atoms with Gasteiger partial charge in [0.2, 0.25) is 0 Å². The average Bonchev–Trinajstić information content (AvgIpc) is 2.44. The molecule has 0 aliphatic rings. The molecule has 1 unspecified atom stereocenters. The molecule has 1 aromatic rings. The largest absolute Gasteiger partial charge is 0.494 e. The maximum Gasteiger partial charge on any atom is 0.339 e. The highest BCUT2D eigenvalue weighted by Gasteiger charge is 2.30. The standard InChI is InChI=1S/C12H15FO6/c1-16-6-5-7(17-2)11(18-3)8(9(6)13)10(14)12(15)19-4/h5,10,14H,1-4H3. The summed E-state index contributed by atoms with van der Waals surface area (Å²) >= 11 is 0. The Hall–Kier alpha value is -2.02. The summed E-state index contributed by atoms with van der Waals surface area (Å²) in [4.78, 5) is 11.4. The second-order valence-corrected chi connectivity index (χ2v) is 3.47. The number of carbonyl (C=O) groups excluding carboxylic acids is 1. The van der Waals surface area contributed by atoms with Crippen LogP contribution in [0.1, 0.15) is 11.7 Å². The lowest BCUT2D eigenvalue weighted by molar-refractivity contribution is -0.151. The minimum atomic E-state index is -1.84. The maximum atomic E-state index is 14.2. The van der Waals surface area contributed by atoms with Gasteiger partial charge < -0.3 is 24.1 Å². The topological polar surface area (TPSA) is 74.2 Å². The molecule has 1 N–H and O–H groups in total. The van der Waals surface area contributed by atoms with Crippen molar-refractivity contribution in [2.24, 2.45) is 0 Å². The quantitative estimate of drug-likeness (QED) is 0.809. The van der Waals surface area contributed by atoms with Gasteiger partial charge in [-0.2, -0.15) is 0 Å². The zero-order valence-electron chi connectivity index (χ0n) is 11.0. The molecule has 0 saturated carbocycles. The zero-order valence-corrected chi connectivity index (χ0v) is 11.0. The molecule has 0 aromatic heterocycles. The lowest BCUT2D eigenvalue weighted by Gasteiger charge is -2.18. The van der Waals surface area contributed by atoms with Gasteiger partial charge in [-0.05, 0) is 0 Å². The van der Waals surface area contributed by atoms with E-state index in [-0.39, 0.29) is 17.2 Å². The Balaban J connectivity index is 3.53. The minimum Gasteiger partial charge on any atom is -0.494 e. The van der Waals surface area contributed by atoms with Gasteiger partial charge in [0.25, 0.3) is 0 Å². The third kappa shape index (κ3) is 2.70. The first-order valence-electron chi connectivity index (χ1n) is 5.26. The molecule has 0 radical (unpaired) electrons. The van der Waals surface area contributed by atoms with Crippen LogP contribution in [-0.4, -0.2) is 39.5 Å². The van der Waals surface area contributed by atoms with E-state index in [1.54, 1.807) is 0 Å². The van der Waals surface area contributed by atoms with Crippen molar-refractivity contribution in [1.29, 1.82) is 0 Å².